The normalized spacial score (nSPS) is 15.4. The molecule has 0 amide bonds. The summed E-state index contributed by atoms with van der Waals surface area (Å²) >= 11 is 0. The molecule has 0 atom stereocenters. The van der Waals surface area contributed by atoms with Crippen LogP contribution in [0, 0.1) is 16.2 Å². The average Bonchev–Trinajstić information content (AvgIpc) is 2.37. The summed E-state index contributed by atoms with van der Waals surface area (Å²) in [6, 6.07) is 0. The van der Waals surface area contributed by atoms with Gasteiger partial charge in [0.25, 0.3) is 0 Å². The predicted molar refractivity (Wildman–Crippen MR) is 96.9 cm³/mol. The van der Waals surface area contributed by atoms with E-state index < -0.39 is 0 Å². The van der Waals surface area contributed by atoms with Crippen molar-refractivity contribution in [3.63, 3.8) is 0 Å². The van der Waals surface area contributed by atoms with E-state index in [-0.39, 0.29) is 27.3 Å². The summed E-state index contributed by atoms with van der Waals surface area (Å²) in [6.45, 7) is 24.0. The summed E-state index contributed by atoms with van der Waals surface area (Å²) in [7, 11) is 4.22. The van der Waals surface area contributed by atoms with Crippen LogP contribution in [0.4, 0.5) is 0 Å². The van der Waals surface area contributed by atoms with E-state index in [1.54, 1.807) is 0 Å². The first-order chi connectivity index (χ1) is 9.24. The van der Waals surface area contributed by atoms with Crippen molar-refractivity contribution in [2.45, 2.75) is 93.2 Å². The maximum atomic E-state index is 3.66. The Morgan fingerprint density at radius 3 is 0.952 bits per heavy atom. The zero-order chi connectivity index (χ0) is 17.3. The van der Waals surface area contributed by atoms with E-state index in [1.807, 2.05) is 0 Å². The second-order valence-corrected chi connectivity index (χ2v) is 8.97. The summed E-state index contributed by atoms with van der Waals surface area (Å²) in [5.41, 5.74) is 0.432. The second-order valence-electron chi connectivity index (χ2n) is 8.97. The van der Waals surface area contributed by atoms with E-state index in [0.717, 1.165) is 12.8 Å². The highest BCUT2D eigenvalue weighted by atomic mass is 15.1. The van der Waals surface area contributed by atoms with Gasteiger partial charge >= 0.3 is 0 Å². The topological polar surface area (TPSA) is 24.1 Å². The van der Waals surface area contributed by atoms with Gasteiger partial charge in [0.2, 0.25) is 0 Å². The molecule has 0 saturated heterocycles. The molecule has 21 heavy (non-hydrogen) atoms. The van der Waals surface area contributed by atoms with Gasteiger partial charge in [0.15, 0.2) is 0 Å². The largest absolute Gasteiger partial charge is 0.314 e. The first-order valence-corrected chi connectivity index (χ1v) is 8.62. The fourth-order valence-corrected chi connectivity index (χ4v) is 5.99. The van der Waals surface area contributed by atoms with Gasteiger partial charge in [-0.25, -0.2) is 0 Å². The van der Waals surface area contributed by atoms with Crippen molar-refractivity contribution < 1.29 is 0 Å². The molecule has 0 heterocycles. The SMILES string of the molecule is CCC(C)(C)C(C(C)(C)CC)(C(C)(C)NC)C(C)(C)NC. The lowest BCUT2D eigenvalue weighted by molar-refractivity contribution is -0.172. The zero-order valence-corrected chi connectivity index (χ0v) is 16.9. The molecule has 2 N–H and O–H groups in total. The van der Waals surface area contributed by atoms with Crippen LogP contribution in [0.25, 0.3) is 0 Å². The summed E-state index contributed by atoms with van der Waals surface area (Å²) in [6.07, 6.45) is 2.32. The molecule has 0 unspecified atom stereocenters. The van der Waals surface area contributed by atoms with Crippen LogP contribution in [0.3, 0.4) is 0 Å². The van der Waals surface area contributed by atoms with Crippen LogP contribution < -0.4 is 10.6 Å². The minimum Gasteiger partial charge on any atom is -0.314 e. The average molecular weight is 299 g/mol. The Morgan fingerprint density at radius 1 is 0.571 bits per heavy atom. The molecule has 0 aliphatic heterocycles. The lowest BCUT2D eigenvalue weighted by atomic mass is 9.38. The Labute approximate surface area is 134 Å². The molecule has 2 heteroatoms. The molecule has 0 rings (SSSR count). The van der Waals surface area contributed by atoms with Gasteiger partial charge in [-0.3, -0.25) is 0 Å². The number of hydrogen-bond acceptors (Lipinski definition) is 2. The number of rotatable bonds is 8. The fraction of sp³-hybridized carbons (Fsp3) is 1.00. The van der Waals surface area contributed by atoms with Crippen molar-refractivity contribution in [3.8, 4) is 0 Å². The molecule has 0 aliphatic rings. The van der Waals surface area contributed by atoms with Crippen molar-refractivity contribution in [1.82, 2.24) is 10.6 Å². The van der Waals surface area contributed by atoms with Crippen LogP contribution >= 0.6 is 0 Å². The molecule has 0 aromatic rings. The molecule has 0 bridgehead atoms. The Balaban J connectivity index is 6.85. The Hall–Kier alpha value is -0.0800. The van der Waals surface area contributed by atoms with Crippen LogP contribution in [-0.4, -0.2) is 25.2 Å². The summed E-state index contributed by atoms with van der Waals surface area (Å²) in [5.74, 6) is 0. The molecule has 0 aliphatic carbocycles. The van der Waals surface area contributed by atoms with Gasteiger partial charge in [-0.15, -0.1) is 0 Å². The minimum atomic E-state index is -0.00146. The first-order valence-electron chi connectivity index (χ1n) is 8.62. The fourth-order valence-electron chi connectivity index (χ4n) is 5.99. The quantitative estimate of drug-likeness (QED) is 0.670. The van der Waals surface area contributed by atoms with Gasteiger partial charge in [0.05, 0.1) is 0 Å². The number of hydrogen-bond donors (Lipinski definition) is 2. The van der Waals surface area contributed by atoms with Gasteiger partial charge < -0.3 is 10.6 Å². The van der Waals surface area contributed by atoms with E-state index in [0.29, 0.717) is 0 Å². The van der Waals surface area contributed by atoms with Gasteiger partial charge in [-0.1, -0.05) is 54.4 Å². The molecule has 128 valence electrons. The van der Waals surface area contributed by atoms with Crippen molar-refractivity contribution in [3.05, 3.63) is 0 Å². The van der Waals surface area contributed by atoms with Crippen LogP contribution in [0.15, 0.2) is 0 Å². The highest BCUT2D eigenvalue weighted by Gasteiger charge is 2.67. The molecule has 0 saturated carbocycles. The van der Waals surface area contributed by atoms with Crippen molar-refractivity contribution >= 4 is 0 Å². The minimum absolute atomic E-state index is 0.00146. The summed E-state index contributed by atoms with van der Waals surface area (Å²) < 4.78 is 0. The Bertz CT molecular complexity index is 268. The van der Waals surface area contributed by atoms with E-state index in [2.05, 4.69) is 94.0 Å². The highest BCUT2D eigenvalue weighted by Crippen LogP contribution is 2.65. The third kappa shape index (κ3) is 2.79. The lowest BCUT2D eigenvalue weighted by Gasteiger charge is -2.70. The van der Waals surface area contributed by atoms with Crippen LogP contribution in [0.5, 0.6) is 0 Å². The maximum absolute atomic E-state index is 3.66. The smallest absolute Gasteiger partial charge is 0.0206 e. The molecule has 0 aromatic carbocycles. The Morgan fingerprint density at radius 2 is 0.810 bits per heavy atom. The third-order valence-corrected chi connectivity index (χ3v) is 6.92. The molecular formula is C19H42N2. The molecule has 0 radical (unpaired) electrons. The van der Waals surface area contributed by atoms with Crippen molar-refractivity contribution in [2.24, 2.45) is 16.2 Å². The van der Waals surface area contributed by atoms with E-state index in [9.17, 15) is 0 Å². The second kappa shape index (κ2) is 6.20. The van der Waals surface area contributed by atoms with E-state index in [1.165, 1.54) is 0 Å². The number of nitrogens with one attached hydrogen (secondary N) is 2. The van der Waals surface area contributed by atoms with Gasteiger partial charge in [0.1, 0.15) is 0 Å². The van der Waals surface area contributed by atoms with Crippen molar-refractivity contribution in [1.29, 1.82) is 0 Å². The molecular weight excluding hydrogens is 256 g/mol. The van der Waals surface area contributed by atoms with Gasteiger partial charge in [-0.05, 0) is 52.6 Å². The van der Waals surface area contributed by atoms with Crippen molar-refractivity contribution in [2.75, 3.05) is 14.1 Å². The summed E-state index contributed by atoms with van der Waals surface area (Å²) in [4.78, 5) is 0. The molecule has 0 aromatic heterocycles. The molecule has 2 nitrogen and oxygen atoms in total. The monoisotopic (exact) mass is 298 g/mol. The van der Waals surface area contributed by atoms with Gasteiger partial charge in [0, 0.05) is 16.5 Å². The third-order valence-electron chi connectivity index (χ3n) is 6.92. The highest BCUT2D eigenvalue weighted by molar-refractivity contribution is 5.20. The standard InChI is InChI=1S/C19H42N2/c1-13-15(3,4)19(16(5,6)14-2,17(7,8)20-11)18(9,10)21-12/h20-21H,13-14H2,1-12H3. The van der Waals surface area contributed by atoms with E-state index >= 15 is 0 Å². The Kier molecular flexibility index (Phi) is 6.17. The zero-order valence-electron chi connectivity index (χ0n) is 16.9. The van der Waals surface area contributed by atoms with Gasteiger partial charge in [-0.2, -0.15) is 0 Å². The van der Waals surface area contributed by atoms with Crippen LogP contribution in [-0.2, 0) is 0 Å². The predicted octanol–water partition coefficient (Wildman–Crippen LogP) is 4.84. The first kappa shape index (κ1) is 20.9. The lowest BCUT2D eigenvalue weighted by Crippen LogP contribution is -2.76. The maximum Gasteiger partial charge on any atom is 0.0206 e. The van der Waals surface area contributed by atoms with Crippen LogP contribution in [0.1, 0.15) is 82.1 Å². The van der Waals surface area contributed by atoms with E-state index in [4.69, 9.17) is 0 Å². The summed E-state index contributed by atoms with van der Waals surface area (Å²) in [5, 5.41) is 7.33. The molecule has 0 spiro atoms. The molecule has 0 fully saturated rings. The van der Waals surface area contributed by atoms with Crippen LogP contribution in [0.2, 0.25) is 0 Å².